The lowest BCUT2D eigenvalue weighted by Crippen LogP contribution is -2.40. The molecule has 1 N–H and O–H groups in total. The summed E-state index contributed by atoms with van der Waals surface area (Å²) in [5.74, 6) is 0. The Labute approximate surface area is 121 Å². The first kappa shape index (κ1) is 15.4. The normalized spacial score (nSPS) is 17.4. The van der Waals surface area contributed by atoms with Crippen LogP contribution in [0, 0.1) is 13.8 Å². The highest BCUT2D eigenvalue weighted by atomic mass is 32.2. The van der Waals surface area contributed by atoms with Gasteiger partial charge >= 0.3 is 0 Å². The van der Waals surface area contributed by atoms with Gasteiger partial charge in [0.05, 0.1) is 18.1 Å². The van der Waals surface area contributed by atoms with E-state index in [1.807, 2.05) is 27.0 Å². The van der Waals surface area contributed by atoms with Gasteiger partial charge in [0, 0.05) is 19.6 Å². The summed E-state index contributed by atoms with van der Waals surface area (Å²) >= 11 is 0. The summed E-state index contributed by atoms with van der Waals surface area (Å²) in [6.07, 6.45) is 0. The number of morpholine rings is 1. The minimum absolute atomic E-state index is 0.421. The summed E-state index contributed by atoms with van der Waals surface area (Å²) in [7, 11) is -1.58. The average Bonchev–Trinajstić information content (AvgIpc) is 2.43. The van der Waals surface area contributed by atoms with Crippen molar-refractivity contribution in [2.75, 3.05) is 33.4 Å². The summed E-state index contributed by atoms with van der Waals surface area (Å²) in [4.78, 5) is 0.421. The molecule has 2 rings (SSSR count). The molecule has 6 heteroatoms. The number of nitrogens with zero attached hydrogens (tertiary/aromatic N) is 1. The molecule has 20 heavy (non-hydrogen) atoms. The van der Waals surface area contributed by atoms with E-state index in [0.29, 0.717) is 37.7 Å². The van der Waals surface area contributed by atoms with Crippen LogP contribution in [0.1, 0.15) is 16.7 Å². The molecule has 112 valence electrons. The van der Waals surface area contributed by atoms with Crippen LogP contribution in [-0.4, -0.2) is 46.1 Å². The van der Waals surface area contributed by atoms with Crippen LogP contribution in [0.2, 0.25) is 0 Å². The Morgan fingerprint density at radius 3 is 2.50 bits per heavy atom. The van der Waals surface area contributed by atoms with E-state index in [2.05, 4.69) is 5.32 Å². The number of aryl methyl sites for hydroxylation is 1. The number of sulfonamides is 1. The van der Waals surface area contributed by atoms with Crippen molar-refractivity contribution in [1.29, 1.82) is 0 Å². The molecule has 1 aromatic rings. The summed E-state index contributed by atoms with van der Waals surface area (Å²) in [6, 6.07) is 3.81. The van der Waals surface area contributed by atoms with Crippen LogP contribution in [0.5, 0.6) is 0 Å². The molecule has 0 spiro atoms. The monoisotopic (exact) mass is 298 g/mol. The number of hydrogen-bond donors (Lipinski definition) is 1. The maximum Gasteiger partial charge on any atom is 0.243 e. The zero-order valence-electron chi connectivity index (χ0n) is 12.3. The molecule has 1 aliphatic heterocycles. The highest BCUT2D eigenvalue weighted by Crippen LogP contribution is 2.25. The summed E-state index contributed by atoms with van der Waals surface area (Å²) in [6.45, 7) is 6.26. The lowest BCUT2D eigenvalue weighted by molar-refractivity contribution is 0.0730. The number of rotatable bonds is 4. The van der Waals surface area contributed by atoms with Gasteiger partial charge in [0.2, 0.25) is 10.0 Å². The van der Waals surface area contributed by atoms with Crippen molar-refractivity contribution in [3.63, 3.8) is 0 Å². The number of hydrogen-bond acceptors (Lipinski definition) is 4. The zero-order valence-corrected chi connectivity index (χ0v) is 13.1. The van der Waals surface area contributed by atoms with Crippen molar-refractivity contribution >= 4 is 10.0 Å². The fourth-order valence-corrected chi connectivity index (χ4v) is 4.16. The van der Waals surface area contributed by atoms with Crippen LogP contribution in [0.25, 0.3) is 0 Å². The minimum Gasteiger partial charge on any atom is -0.379 e. The molecule has 0 aliphatic carbocycles. The molecule has 1 aromatic carbocycles. The van der Waals surface area contributed by atoms with Crippen molar-refractivity contribution in [3.8, 4) is 0 Å². The van der Waals surface area contributed by atoms with Gasteiger partial charge in [-0.05, 0) is 43.7 Å². The van der Waals surface area contributed by atoms with Gasteiger partial charge < -0.3 is 10.1 Å². The van der Waals surface area contributed by atoms with Crippen LogP contribution in [0.3, 0.4) is 0 Å². The lowest BCUT2D eigenvalue weighted by atomic mass is 10.1. The molecule has 0 aromatic heterocycles. The second-order valence-electron chi connectivity index (χ2n) is 5.08. The molecular weight excluding hydrogens is 276 g/mol. The van der Waals surface area contributed by atoms with Gasteiger partial charge in [-0.2, -0.15) is 4.31 Å². The maximum absolute atomic E-state index is 12.8. The van der Waals surface area contributed by atoms with E-state index < -0.39 is 10.0 Å². The van der Waals surface area contributed by atoms with Gasteiger partial charge in [-0.25, -0.2) is 8.42 Å². The average molecular weight is 298 g/mol. The van der Waals surface area contributed by atoms with E-state index in [0.717, 1.165) is 16.7 Å². The van der Waals surface area contributed by atoms with Crippen LogP contribution < -0.4 is 5.32 Å². The van der Waals surface area contributed by atoms with Gasteiger partial charge in [0.1, 0.15) is 0 Å². The van der Waals surface area contributed by atoms with E-state index in [-0.39, 0.29) is 0 Å². The number of benzene rings is 1. The molecule has 0 unspecified atom stereocenters. The van der Waals surface area contributed by atoms with Gasteiger partial charge in [-0.3, -0.25) is 0 Å². The largest absolute Gasteiger partial charge is 0.379 e. The molecule has 0 radical (unpaired) electrons. The van der Waals surface area contributed by atoms with Crippen LogP contribution in [-0.2, 0) is 21.3 Å². The third-order valence-corrected chi connectivity index (χ3v) is 5.67. The minimum atomic E-state index is -3.43. The fraction of sp³-hybridized carbons (Fsp3) is 0.571. The van der Waals surface area contributed by atoms with Gasteiger partial charge in [0.25, 0.3) is 0 Å². The SMILES string of the molecule is CNCc1cc(C)c(C)c(S(=O)(=O)N2CCOCC2)c1. The van der Waals surface area contributed by atoms with Crippen molar-refractivity contribution in [1.82, 2.24) is 9.62 Å². The topological polar surface area (TPSA) is 58.6 Å². The van der Waals surface area contributed by atoms with Crippen molar-refractivity contribution in [2.45, 2.75) is 25.3 Å². The van der Waals surface area contributed by atoms with Gasteiger partial charge in [-0.15, -0.1) is 0 Å². The van der Waals surface area contributed by atoms with E-state index >= 15 is 0 Å². The van der Waals surface area contributed by atoms with E-state index in [9.17, 15) is 8.42 Å². The third-order valence-electron chi connectivity index (χ3n) is 3.65. The third kappa shape index (κ3) is 3.03. The van der Waals surface area contributed by atoms with E-state index in [4.69, 9.17) is 4.74 Å². The maximum atomic E-state index is 12.8. The second kappa shape index (κ2) is 6.22. The van der Waals surface area contributed by atoms with Crippen molar-refractivity contribution < 1.29 is 13.2 Å². The number of nitrogens with one attached hydrogen (secondary N) is 1. The molecule has 0 atom stereocenters. The van der Waals surface area contributed by atoms with Gasteiger partial charge in [-0.1, -0.05) is 6.07 Å². The summed E-state index contributed by atoms with van der Waals surface area (Å²) in [5, 5.41) is 3.06. The first-order chi connectivity index (χ1) is 9.46. The smallest absolute Gasteiger partial charge is 0.243 e. The Bertz CT molecular complexity index is 578. The predicted molar refractivity (Wildman–Crippen MR) is 78.3 cm³/mol. The molecule has 0 amide bonds. The Balaban J connectivity index is 2.44. The first-order valence-electron chi connectivity index (χ1n) is 6.79. The quantitative estimate of drug-likeness (QED) is 0.902. The molecule has 0 bridgehead atoms. The standard InChI is InChI=1S/C14H22N2O3S/c1-11-8-13(10-15-3)9-14(12(11)2)20(17,18)16-4-6-19-7-5-16/h8-9,15H,4-7,10H2,1-3H3. The van der Waals surface area contributed by atoms with Crippen molar-refractivity contribution in [3.05, 3.63) is 28.8 Å². The molecule has 5 nitrogen and oxygen atoms in total. The number of ether oxygens (including phenoxy) is 1. The van der Waals surface area contributed by atoms with Gasteiger partial charge in [0.15, 0.2) is 0 Å². The molecule has 1 heterocycles. The molecule has 1 aliphatic rings. The zero-order chi connectivity index (χ0) is 14.8. The highest BCUT2D eigenvalue weighted by molar-refractivity contribution is 7.89. The van der Waals surface area contributed by atoms with Crippen molar-refractivity contribution in [2.24, 2.45) is 0 Å². The van der Waals surface area contributed by atoms with Crippen LogP contribution >= 0.6 is 0 Å². The molecule has 1 fully saturated rings. The Hall–Kier alpha value is -0.950. The molecular formula is C14H22N2O3S. The second-order valence-corrected chi connectivity index (χ2v) is 6.99. The Morgan fingerprint density at radius 1 is 1.25 bits per heavy atom. The Kier molecular flexibility index (Phi) is 4.80. The Morgan fingerprint density at radius 2 is 1.90 bits per heavy atom. The fourth-order valence-electron chi connectivity index (χ4n) is 2.40. The molecule has 0 saturated carbocycles. The van der Waals surface area contributed by atoms with E-state index in [1.165, 1.54) is 4.31 Å². The molecule has 1 saturated heterocycles. The summed E-state index contributed by atoms with van der Waals surface area (Å²) < 4.78 is 32.3. The lowest BCUT2D eigenvalue weighted by Gasteiger charge is -2.27. The first-order valence-corrected chi connectivity index (χ1v) is 8.23. The summed E-state index contributed by atoms with van der Waals surface area (Å²) in [5.41, 5.74) is 2.82. The predicted octanol–water partition coefficient (Wildman–Crippen LogP) is 1.04. The highest BCUT2D eigenvalue weighted by Gasteiger charge is 2.28. The van der Waals surface area contributed by atoms with Crippen LogP contribution in [0.15, 0.2) is 17.0 Å². The van der Waals surface area contributed by atoms with Crippen LogP contribution in [0.4, 0.5) is 0 Å². The van der Waals surface area contributed by atoms with E-state index in [1.54, 1.807) is 6.07 Å².